The highest BCUT2D eigenvalue weighted by atomic mass is 16.3. The zero-order chi connectivity index (χ0) is 13.7. The Hall–Kier alpha value is -3.16. The molecular weight excluding hydrogens is 260 g/mol. The van der Waals surface area contributed by atoms with Crippen molar-refractivity contribution in [2.24, 2.45) is 0 Å². The Bertz CT molecular complexity index is 864. The van der Waals surface area contributed by atoms with Crippen LogP contribution in [-0.2, 0) is 0 Å². The maximum atomic E-state index is 9.69. The fourth-order valence-electron chi connectivity index (χ4n) is 2.15. The Morgan fingerprint density at radius 2 is 1.15 bits per heavy atom. The van der Waals surface area contributed by atoms with E-state index in [1.165, 1.54) is 33.6 Å². The van der Waals surface area contributed by atoms with Gasteiger partial charge in [0.2, 0.25) is 11.8 Å². The van der Waals surface area contributed by atoms with Crippen molar-refractivity contribution in [3.8, 4) is 23.1 Å². The van der Waals surface area contributed by atoms with Crippen LogP contribution in [0.2, 0.25) is 0 Å². The summed E-state index contributed by atoms with van der Waals surface area (Å²) in [6, 6.07) is 0. The van der Waals surface area contributed by atoms with Crippen LogP contribution >= 0.6 is 0 Å². The van der Waals surface area contributed by atoms with E-state index in [9.17, 15) is 10.2 Å². The molecule has 8 nitrogen and oxygen atoms in total. The molecule has 2 N–H and O–H groups in total. The van der Waals surface area contributed by atoms with Crippen LogP contribution in [0.1, 0.15) is 0 Å². The molecule has 0 fully saturated rings. The lowest BCUT2D eigenvalue weighted by Crippen LogP contribution is -1.97. The SMILES string of the molecule is Oc1cnc2c(-c3nccn4c(O)cnc34)nccn12. The molecule has 0 spiro atoms. The van der Waals surface area contributed by atoms with Gasteiger partial charge in [0.1, 0.15) is 11.4 Å². The molecule has 0 saturated carbocycles. The fraction of sp³-hybridized carbons (Fsp3) is 0. The molecular formula is C12H8N6O2. The summed E-state index contributed by atoms with van der Waals surface area (Å²) >= 11 is 0. The number of aromatic nitrogens is 6. The molecule has 4 heterocycles. The van der Waals surface area contributed by atoms with Gasteiger partial charge < -0.3 is 10.2 Å². The molecule has 0 radical (unpaired) electrons. The molecule has 4 rings (SSSR count). The molecule has 0 aromatic carbocycles. The van der Waals surface area contributed by atoms with Crippen molar-refractivity contribution in [3.05, 3.63) is 37.2 Å². The van der Waals surface area contributed by atoms with Crippen molar-refractivity contribution in [1.29, 1.82) is 0 Å². The molecule has 98 valence electrons. The summed E-state index contributed by atoms with van der Waals surface area (Å²) in [7, 11) is 0. The molecule has 0 atom stereocenters. The first-order valence-corrected chi connectivity index (χ1v) is 5.78. The Morgan fingerprint density at radius 1 is 0.700 bits per heavy atom. The third-order valence-corrected chi connectivity index (χ3v) is 3.04. The monoisotopic (exact) mass is 268 g/mol. The lowest BCUT2D eigenvalue weighted by molar-refractivity contribution is 0.447. The van der Waals surface area contributed by atoms with E-state index in [4.69, 9.17) is 0 Å². The lowest BCUT2D eigenvalue weighted by atomic mass is 10.3. The minimum atomic E-state index is 0.0155. The van der Waals surface area contributed by atoms with Crippen molar-refractivity contribution < 1.29 is 10.2 Å². The Kier molecular flexibility index (Phi) is 1.97. The van der Waals surface area contributed by atoms with E-state index in [1.807, 2.05) is 0 Å². The molecule has 0 aliphatic rings. The second-order valence-electron chi connectivity index (χ2n) is 4.17. The van der Waals surface area contributed by atoms with E-state index in [2.05, 4.69) is 19.9 Å². The van der Waals surface area contributed by atoms with Gasteiger partial charge in [-0.15, -0.1) is 0 Å². The van der Waals surface area contributed by atoms with Crippen molar-refractivity contribution in [3.63, 3.8) is 0 Å². The maximum absolute atomic E-state index is 9.69. The Labute approximate surface area is 111 Å². The summed E-state index contributed by atoms with van der Waals surface area (Å²) in [5.41, 5.74) is 1.88. The maximum Gasteiger partial charge on any atom is 0.215 e. The number of rotatable bonds is 1. The van der Waals surface area contributed by atoms with Crippen LogP contribution in [0.25, 0.3) is 22.7 Å². The topological polar surface area (TPSA) is 101 Å². The van der Waals surface area contributed by atoms with Gasteiger partial charge in [-0.05, 0) is 0 Å². The predicted molar refractivity (Wildman–Crippen MR) is 68.3 cm³/mol. The van der Waals surface area contributed by atoms with Crippen LogP contribution in [-0.4, -0.2) is 39.0 Å². The van der Waals surface area contributed by atoms with Gasteiger partial charge in [0.25, 0.3) is 0 Å². The predicted octanol–water partition coefficient (Wildman–Crippen LogP) is 0.850. The average molecular weight is 268 g/mol. The molecule has 4 aromatic rings. The summed E-state index contributed by atoms with van der Waals surface area (Å²) < 4.78 is 2.99. The molecule has 0 unspecified atom stereocenters. The highest BCUT2D eigenvalue weighted by Gasteiger charge is 2.16. The molecule has 0 aliphatic carbocycles. The van der Waals surface area contributed by atoms with Gasteiger partial charge in [-0.3, -0.25) is 8.80 Å². The largest absolute Gasteiger partial charge is 0.493 e. The van der Waals surface area contributed by atoms with Crippen LogP contribution in [0.3, 0.4) is 0 Å². The summed E-state index contributed by atoms with van der Waals surface area (Å²) in [4.78, 5) is 16.8. The van der Waals surface area contributed by atoms with Gasteiger partial charge in [-0.25, -0.2) is 19.9 Å². The van der Waals surface area contributed by atoms with Crippen LogP contribution in [0.4, 0.5) is 0 Å². The lowest BCUT2D eigenvalue weighted by Gasteiger charge is -2.04. The highest BCUT2D eigenvalue weighted by Crippen LogP contribution is 2.26. The van der Waals surface area contributed by atoms with Crippen LogP contribution in [0.15, 0.2) is 37.2 Å². The molecule has 20 heavy (non-hydrogen) atoms. The minimum Gasteiger partial charge on any atom is -0.493 e. The van der Waals surface area contributed by atoms with Gasteiger partial charge in [-0.1, -0.05) is 0 Å². The van der Waals surface area contributed by atoms with E-state index in [-0.39, 0.29) is 11.8 Å². The van der Waals surface area contributed by atoms with Gasteiger partial charge in [0.05, 0.1) is 12.4 Å². The summed E-state index contributed by atoms with van der Waals surface area (Å²) in [6.45, 7) is 0. The molecule has 0 saturated heterocycles. The first-order chi connectivity index (χ1) is 9.75. The number of fused-ring (bicyclic) bond motifs is 2. The standard InChI is InChI=1S/C12H8N6O2/c19-7-5-15-11-9(13-1-3-17(7)11)10-12-16-6-8(20)18(12)4-2-14-10/h1-6,19-20H. The van der Waals surface area contributed by atoms with Crippen LogP contribution in [0, 0.1) is 0 Å². The normalized spacial score (nSPS) is 11.4. The zero-order valence-electron chi connectivity index (χ0n) is 10.0. The van der Waals surface area contributed by atoms with E-state index in [0.29, 0.717) is 22.7 Å². The minimum absolute atomic E-state index is 0.0155. The number of aromatic hydroxyl groups is 2. The zero-order valence-corrected chi connectivity index (χ0v) is 10.0. The first kappa shape index (κ1) is 10.7. The fourth-order valence-corrected chi connectivity index (χ4v) is 2.15. The van der Waals surface area contributed by atoms with Crippen LogP contribution in [0.5, 0.6) is 11.8 Å². The van der Waals surface area contributed by atoms with E-state index in [0.717, 1.165) is 0 Å². The number of imidazole rings is 2. The highest BCUT2D eigenvalue weighted by molar-refractivity contribution is 5.80. The Balaban J connectivity index is 2.11. The van der Waals surface area contributed by atoms with Crippen molar-refractivity contribution in [2.75, 3.05) is 0 Å². The van der Waals surface area contributed by atoms with Gasteiger partial charge in [0, 0.05) is 24.8 Å². The van der Waals surface area contributed by atoms with Crippen molar-refractivity contribution in [2.45, 2.75) is 0 Å². The van der Waals surface area contributed by atoms with E-state index < -0.39 is 0 Å². The third kappa shape index (κ3) is 1.30. The second kappa shape index (κ2) is 3.67. The van der Waals surface area contributed by atoms with Gasteiger partial charge in [-0.2, -0.15) is 0 Å². The van der Waals surface area contributed by atoms with Crippen molar-refractivity contribution >= 4 is 11.3 Å². The molecule has 0 amide bonds. The molecule has 8 heteroatoms. The summed E-state index contributed by atoms with van der Waals surface area (Å²) in [6.07, 6.45) is 8.96. The smallest absolute Gasteiger partial charge is 0.215 e. The quantitative estimate of drug-likeness (QED) is 0.530. The van der Waals surface area contributed by atoms with Gasteiger partial charge >= 0.3 is 0 Å². The van der Waals surface area contributed by atoms with E-state index in [1.54, 1.807) is 12.4 Å². The average Bonchev–Trinajstić information content (AvgIpc) is 3.03. The summed E-state index contributed by atoms with van der Waals surface area (Å²) in [5.74, 6) is 0.0311. The summed E-state index contributed by atoms with van der Waals surface area (Å²) in [5, 5.41) is 19.4. The number of hydrogen-bond acceptors (Lipinski definition) is 6. The number of nitrogens with zero attached hydrogens (tertiary/aromatic N) is 6. The second-order valence-corrected chi connectivity index (χ2v) is 4.17. The molecule has 0 aliphatic heterocycles. The number of hydrogen-bond donors (Lipinski definition) is 2. The third-order valence-electron chi connectivity index (χ3n) is 3.04. The van der Waals surface area contributed by atoms with Crippen molar-refractivity contribution in [1.82, 2.24) is 28.7 Å². The van der Waals surface area contributed by atoms with E-state index >= 15 is 0 Å². The molecule has 0 bridgehead atoms. The Morgan fingerprint density at radius 3 is 1.60 bits per heavy atom. The molecule has 4 aromatic heterocycles. The van der Waals surface area contributed by atoms with Gasteiger partial charge in [0.15, 0.2) is 11.3 Å². The first-order valence-electron chi connectivity index (χ1n) is 5.78. The van der Waals surface area contributed by atoms with Crippen LogP contribution < -0.4 is 0 Å².